The van der Waals surface area contributed by atoms with Gasteiger partial charge in [0.05, 0.1) is 17.4 Å². The summed E-state index contributed by atoms with van der Waals surface area (Å²) in [5.41, 5.74) is 10.7. The van der Waals surface area contributed by atoms with Crippen LogP contribution in [0, 0.1) is 18.3 Å². The Balaban J connectivity index is 1.49. The molecule has 2 aromatic carbocycles. The molecule has 0 saturated carbocycles. The van der Waals surface area contributed by atoms with Crippen molar-refractivity contribution < 1.29 is 9.53 Å². The molecule has 1 aromatic heterocycles. The molecule has 0 unspecified atom stereocenters. The number of nitrogens with zero attached hydrogens (tertiary/aromatic N) is 3. The molecule has 9 nitrogen and oxygen atoms in total. The third-order valence-electron chi connectivity index (χ3n) is 7.55. The summed E-state index contributed by atoms with van der Waals surface area (Å²) in [5.74, 6) is 1.80. The third kappa shape index (κ3) is 8.03. The van der Waals surface area contributed by atoms with E-state index < -0.39 is 0 Å². The van der Waals surface area contributed by atoms with E-state index in [2.05, 4.69) is 36.4 Å². The Kier molecular flexibility index (Phi) is 10.1. The molecule has 1 aliphatic rings. The van der Waals surface area contributed by atoms with Crippen molar-refractivity contribution in [1.29, 1.82) is 5.41 Å². The Morgan fingerprint density at radius 2 is 1.80 bits per heavy atom. The lowest BCUT2D eigenvalue weighted by atomic mass is 9.85. The number of nitrogens with two attached hydrogens (primary N) is 1. The van der Waals surface area contributed by atoms with Crippen LogP contribution >= 0.6 is 0 Å². The standard InChI is InChI=1S/C35H45N7O2/c1-8-25(17-20-31(36)39-33(37)22(2)3)44-29-19-18-28(26-11-9-10-12-27(26)29)38-34(43)40-32-21-30(35(5,6)7)41-42(32)24-15-13-23(4)14-16-24/h8-17,20-22,28-29H,18-19H2,1-7H3,(H3,36,37,39)(H2,38,40,43)/b20-17-,25-8+/t28-,29-/m0/s1. The van der Waals surface area contributed by atoms with E-state index in [4.69, 9.17) is 21.0 Å². The maximum atomic E-state index is 13.4. The molecule has 0 saturated heterocycles. The number of anilines is 1. The summed E-state index contributed by atoms with van der Waals surface area (Å²) in [4.78, 5) is 17.5. The molecule has 232 valence electrons. The molecule has 0 fully saturated rings. The monoisotopic (exact) mass is 595 g/mol. The Labute approximate surface area is 260 Å². The molecule has 5 N–H and O–H groups in total. The van der Waals surface area contributed by atoms with E-state index in [1.54, 1.807) is 16.8 Å². The smallest absolute Gasteiger partial charge is 0.320 e. The molecule has 0 aliphatic heterocycles. The van der Waals surface area contributed by atoms with Crippen molar-refractivity contribution >= 4 is 23.5 Å². The van der Waals surface area contributed by atoms with E-state index in [1.807, 2.05) is 88.4 Å². The summed E-state index contributed by atoms with van der Waals surface area (Å²) in [7, 11) is 0. The first-order valence-electron chi connectivity index (χ1n) is 15.1. The number of ether oxygens (including phenoxy) is 1. The molecule has 44 heavy (non-hydrogen) atoms. The van der Waals surface area contributed by atoms with Crippen molar-refractivity contribution in [1.82, 2.24) is 15.1 Å². The van der Waals surface area contributed by atoms with Gasteiger partial charge in [0.25, 0.3) is 0 Å². The van der Waals surface area contributed by atoms with E-state index >= 15 is 0 Å². The number of aryl methyl sites for hydroxylation is 1. The molecule has 1 heterocycles. The summed E-state index contributed by atoms with van der Waals surface area (Å²) in [6, 6.07) is 17.6. The van der Waals surface area contributed by atoms with Crippen LogP contribution in [0.15, 0.2) is 83.6 Å². The van der Waals surface area contributed by atoms with Gasteiger partial charge >= 0.3 is 6.03 Å². The van der Waals surface area contributed by atoms with Gasteiger partial charge in [-0.05, 0) is 68.2 Å². The summed E-state index contributed by atoms with van der Waals surface area (Å²) < 4.78 is 8.17. The Morgan fingerprint density at radius 3 is 2.43 bits per heavy atom. The van der Waals surface area contributed by atoms with Crippen molar-refractivity contribution in [2.24, 2.45) is 16.6 Å². The lowest BCUT2D eigenvalue weighted by molar-refractivity contribution is 0.103. The highest BCUT2D eigenvalue weighted by Crippen LogP contribution is 2.39. The number of carbonyl (C=O) groups is 1. The number of fused-ring (bicyclic) bond motifs is 1. The van der Waals surface area contributed by atoms with E-state index in [-0.39, 0.29) is 35.3 Å². The number of aromatic nitrogens is 2. The van der Waals surface area contributed by atoms with Crippen molar-refractivity contribution in [3.8, 4) is 5.69 Å². The van der Waals surface area contributed by atoms with Crippen LogP contribution in [-0.2, 0) is 10.2 Å². The van der Waals surface area contributed by atoms with Crippen LogP contribution in [0.2, 0.25) is 0 Å². The SMILES string of the molecule is C/C=C(\C=C/C(=N)N=C(N)C(C)C)O[C@H]1CC[C@H](NC(=O)Nc2cc(C(C)(C)C)nn2-c2ccc(C)cc2)c2ccccc21. The molecule has 2 atom stereocenters. The lowest BCUT2D eigenvalue weighted by Crippen LogP contribution is -2.35. The molecular formula is C35H45N7O2. The van der Waals surface area contributed by atoms with Gasteiger partial charge in [0.2, 0.25) is 0 Å². The van der Waals surface area contributed by atoms with Gasteiger partial charge in [-0.25, -0.2) is 14.5 Å². The topological polar surface area (TPSA) is 130 Å². The Bertz CT molecular complexity index is 1570. The lowest BCUT2D eigenvalue weighted by Gasteiger charge is -2.32. The minimum absolute atomic E-state index is 0.0665. The second-order valence-electron chi connectivity index (χ2n) is 12.5. The molecular weight excluding hydrogens is 550 g/mol. The molecule has 2 amide bonds. The molecule has 0 radical (unpaired) electrons. The number of urea groups is 1. The summed E-state index contributed by atoms with van der Waals surface area (Å²) in [6.45, 7) is 14.1. The first kappa shape index (κ1) is 32.3. The second-order valence-corrected chi connectivity index (χ2v) is 12.5. The minimum Gasteiger partial charge on any atom is -0.486 e. The van der Waals surface area contributed by atoms with Crippen LogP contribution in [0.3, 0.4) is 0 Å². The molecule has 0 spiro atoms. The van der Waals surface area contributed by atoms with Gasteiger partial charge in [0.1, 0.15) is 29.4 Å². The number of amides is 2. The zero-order chi connectivity index (χ0) is 32.0. The van der Waals surface area contributed by atoms with Gasteiger partial charge in [-0.2, -0.15) is 5.10 Å². The van der Waals surface area contributed by atoms with Crippen LogP contribution in [0.4, 0.5) is 10.6 Å². The number of allylic oxidation sites excluding steroid dienone is 2. The average molecular weight is 596 g/mol. The average Bonchev–Trinajstić information content (AvgIpc) is 3.40. The van der Waals surface area contributed by atoms with E-state index in [9.17, 15) is 4.79 Å². The maximum absolute atomic E-state index is 13.4. The number of rotatable bonds is 8. The van der Waals surface area contributed by atoms with Crippen molar-refractivity contribution in [2.75, 3.05) is 5.32 Å². The highest BCUT2D eigenvalue weighted by atomic mass is 16.5. The van der Waals surface area contributed by atoms with Gasteiger partial charge in [0.15, 0.2) is 0 Å². The summed E-state index contributed by atoms with van der Waals surface area (Å²) >= 11 is 0. The van der Waals surface area contributed by atoms with Gasteiger partial charge in [-0.3, -0.25) is 10.7 Å². The van der Waals surface area contributed by atoms with Crippen LogP contribution in [0.5, 0.6) is 0 Å². The van der Waals surface area contributed by atoms with E-state index in [0.717, 1.165) is 28.1 Å². The summed E-state index contributed by atoms with van der Waals surface area (Å²) in [6.07, 6.45) is 6.40. The highest BCUT2D eigenvalue weighted by Gasteiger charge is 2.30. The summed E-state index contributed by atoms with van der Waals surface area (Å²) in [5, 5.41) is 19.2. The fourth-order valence-corrected chi connectivity index (χ4v) is 4.89. The van der Waals surface area contributed by atoms with Gasteiger partial charge in [0, 0.05) is 17.4 Å². The molecule has 3 aromatic rings. The van der Waals surface area contributed by atoms with Crippen molar-refractivity contribution in [3.05, 3.63) is 101 Å². The normalized spacial score (nSPS) is 17.5. The van der Waals surface area contributed by atoms with Crippen molar-refractivity contribution in [2.45, 2.75) is 78.9 Å². The van der Waals surface area contributed by atoms with Gasteiger partial charge in [-0.15, -0.1) is 0 Å². The minimum atomic E-state index is -0.297. The van der Waals surface area contributed by atoms with Gasteiger partial charge < -0.3 is 15.8 Å². The highest BCUT2D eigenvalue weighted by molar-refractivity contribution is 6.01. The van der Waals surface area contributed by atoms with E-state index in [0.29, 0.717) is 30.3 Å². The third-order valence-corrected chi connectivity index (χ3v) is 7.55. The second kappa shape index (κ2) is 13.8. The maximum Gasteiger partial charge on any atom is 0.320 e. The fraction of sp³-hybridized carbons (Fsp3) is 0.371. The first-order chi connectivity index (χ1) is 20.8. The number of amidine groups is 2. The van der Waals surface area contributed by atoms with Crippen LogP contribution in [0.1, 0.15) is 88.9 Å². The van der Waals surface area contributed by atoms with Crippen LogP contribution in [-0.4, -0.2) is 27.5 Å². The zero-order valence-electron chi connectivity index (χ0n) is 26.8. The molecule has 4 rings (SSSR count). The fourth-order valence-electron chi connectivity index (χ4n) is 4.89. The number of hydrogen-bond acceptors (Lipinski definition) is 4. The molecule has 9 heteroatoms. The van der Waals surface area contributed by atoms with E-state index in [1.165, 1.54) is 0 Å². The number of aliphatic imine (C=N–C) groups is 1. The number of nitrogens with one attached hydrogen (secondary N) is 3. The first-order valence-corrected chi connectivity index (χ1v) is 15.1. The Morgan fingerprint density at radius 1 is 1.11 bits per heavy atom. The number of hydrogen-bond donors (Lipinski definition) is 4. The van der Waals surface area contributed by atoms with Crippen molar-refractivity contribution in [3.63, 3.8) is 0 Å². The number of benzene rings is 2. The molecule has 0 bridgehead atoms. The zero-order valence-corrected chi connectivity index (χ0v) is 26.8. The predicted molar refractivity (Wildman–Crippen MR) is 178 cm³/mol. The predicted octanol–water partition coefficient (Wildman–Crippen LogP) is 7.64. The van der Waals surface area contributed by atoms with Crippen LogP contribution in [0.25, 0.3) is 5.69 Å². The quantitative estimate of drug-likeness (QED) is 0.0922. The van der Waals surface area contributed by atoms with Crippen LogP contribution < -0.4 is 16.4 Å². The molecule has 1 aliphatic carbocycles. The Hall–Kier alpha value is -4.66. The number of carbonyl (C=O) groups excluding carboxylic acids is 1. The van der Waals surface area contributed by atoms with Gasteiger partial charge in [-0.1, -0.05) is 76.6 Å². The largest absolute Gasteiger partial charge is 0.486 e.